The molecule has 3 rings (SSSR count). The Balaban J connectivity index is 1.61. The first-order chi connectivity index (χ1) is 13.0. The van der Waals surface area contributed by atoms with Gasteiger partial charge in [0, 0.05) is 18.1 Å². The maximum Gasteiger partial charge on any atom is 0.338 e. The number of nitro groups is 1. The van der Waals surface area contributed by atoms with Crippen LogP contribution in [0.1, 0.15) is 27.9 Å². The Morgan fingerprint density at radius 2 is 1.96 bits per heavy atom. The first-order valence-corrected chi connectivity index (χ1v) is 8.31. The molecule has 1 aliphatic rings. The van der Waals surface area contributed by atoms with Gasteiger partial charge in [-0.05, 0) is 18.6 Å². The Hall–Kier alpha value is -3.55. The van der Waals surface area contributed by atoms with Gasteiger partial charge in [0.2, 0.25) is 0 Å². The number of benzene rings is 2. The number of amides is 1. The summed E-state index contributed by atoms with van der Waals surface area (Å²) in [7, 11) is 0. The van der Waals surface area contributed by atoms with E-state index in [1.165, 1.54) is 17.1 Å². The van der Waals surface area contributed by atoms with Crippen LogP contribution in [0, 0.1) is 17.0 Å². The highest BCUT2D eigenvalue weighted by molar-refractivity contribution is 6.02. The lowest BCUT2D eigenvalue weighted by atomic mass is 10.1. The van der Waals surface area contributed by atoms with Crippen molar-refractivity contribution in [2.45, 2.75) is 13.3 Å². The first kappa shape index (κ1) is 18.2. The van der Waals surface area contributed by atoms with E-state index in [9.17, 15) is 19.7 Å². The zero-order valence-corrected chi connectivity index (χ0v) is 14.6. The summed E-state index contributed by atoms with van der Waals surface area (Å²) in [5, 5.41) is 16.5. The van der Waals surface area contributed by atoms with E-state index in [2.05, 4.69) is 5.10 Å². The van der Waals surface area contributed by atoms with Crippen molar-refractivity contribution in [1.82, 2.24) is 5.01 Å². The summed E-state index contributed by atoms with van der Waals surface area (Å²) in [6, 6.07) is 13.6. The third-order valence-electron chi connectivity index (χ3n) is 4.17. The van der Waals surface area contributed by atoms with E-state index in [4.69, 9.17) is 4.74 Å². The molecule has 1 heterocycles. The van der Waals surface area contributed by atoms with Gasteiger partial charge in [-0.1, -0.05) is 36.4 Å². The second kappa shape index (κ2) is 7.77. The predicted octanol–water partition coefficient (Wildman–Crippen LogP) is 2.70. The number of aryl methyl sites for hydroxylation is 1. The molecule has 2 aromatic carbocycles. The highest BCUT2D eigenvalue weighted by Crippen LogP contribution is 2.20. The minimum Gasteiger partial charge on any atom is -0.452 e. The number of ether oxygens (including phenoxy) is 1. The molecular formula is C19H17N3O5. The van der Waals surface area contributed by atoms with Gasteiger partial charge in [-0.25, -0.2) is 9.80 Å². The van der Waals surface area contributed by atoms with Crippen LogP contribution in [0.4, 0.5) is 5.69 Å². The summed E-state index contributed by atoms with van der Waals surface area (Å²) < 4.78 is 5.00. The number of nitrogens with zero attached hydrogens (tertiary/aromatic N) is 3. The third kappa shape index (κ3) is 4.17. The Bertz CT molecular complexity index is 924. The molecule has 0 saturated carbocycles. The number of nitro benzene ring substituents is 1. The minimum absolute atomic E-state index is 0.0231. The van der Waals surface area contributed by atoms with Crippen molar-refractivity contribution in [3.05, 3.63) is 75.3 Å². The molecule has 0 aromatic heterocycles. The monoisotopic (exact) mass is 367 g/mol. The number of hydrogen-bond donors (Lipinski definition) is 0. The smallest absolute Gasteiger partial charge is 0.338 e. The fourth-order valence-corrected chi connectivity index (χ4v) is 2.69. The number of carbonyl (C=O) groups excluding carboxylic acids is 2. The van der Waals surface area contributed by atoms with Crippen LogP contribution in [-0.2, 0) is 9.53 Å². The Morgan fingerprint density at radius 3 is 2.67 bits per heavy atom. The molecule has 0 fully saturated rings. The number of hydrazone groups is 1. The van der Waals surface area contributed by atoms with Crippen molar-refractivity contribution in [1.29, 1.82) is 0 Å². The summed E-state index contributed by atoms with van der Waals surface area (Å²) in [4.78, 5) is 34.7. The molecule has 0 saturated heterocycles. The van der Waals surface area contributed by atoms with Crippen LogP contribution in [0.25, 0.3) is 0 Å². The first-order valence-electron chi connectivity index (χ1n) is 8.31. The van der Waals surface area contributed by atoms with Crippen LogP contribution < -0.4 is 0 Å². The topological polar surface area (TPSA) is 102 Å². The van der Waals surface area contributed by atoms with E-state index in [1.807, 2.05) is 30.3 Å². The van der Waals surface area contributed by atoms with Gasteiger partial charge in [-0.2, -0.15) is 5.10 Å². The van der Waals surface area contributed by atoms with Crippen molar-refractivity contribution < 1.29 is 19.2 Å². The zero-order chi connectivity index (χ0) is 19.4. The Labute approximate surface area is 155 Å². The maximum absolute atomic E-state index is 12.2. The van der Waals surface area contributed by atoms with Gasteiger partial charge in [0.1, 0.15) is 0 Å². The quantitative estimate of drug-likeness (QED) is 0.459. The summed E-state index contributed by atoms with van der Waals surface area (Å²) in [5.41, 5.74) is 2.02. The second-order valence-corrected chi connectivity index (χ2v) is 6.01. The van der Waals surface area contributed by atoms with E-state index >= 15 is 0 Å². The molecule has 138 valence electrons. The molecule has 0 radical (unpaired) electrons. The summed E-state index contributed by atoms with van der Waals surface area (Å²) in [6.07, 6.45) is 0.619. The average Bonchev–Trinajstić information content (AvgIpc) is 3.17. The molecule has 1 amide bonds. The van der Waals surface area contributed by atoms with Crippen LogP contribution >= 0.6 is 0 Å². The molecule has 0 spiro atoms. The van der Waals surface area contributed by atoms with Gasteiger partial charge in [-0.15, -0.1) is 0 Å². The fourth-order valence-electron chi connectivity index (χ4n) is 2.69. The zero-order valence-electron chi connectivity index (χ0n) is 14.6. The molecule has 8 nitrogen and oxygen atoms in total. The Kier molecular flexibility index (Phi) is 5.25. The average molecular weight is 367 g/mol. The molecule has 0 unspecified atom stereocenters. The number of rotatable bonds is 5. The van der Waals surface area contributed by atoms with Gasteiger partial charge in [0.05, 0.1) is 22.7 Å². The lowest BCUT2D eigenvalue weighted by Gasteiger charge is -2.11. The number of hydrogen-bond acceptors (Lipinski definition) is 6. The third-order valence-corrected chi connectivity index (χ3v) is 4.17. The molecule has 1 aliphatic heterocycles. The summed E-state index contributed by atoms with van der Waals surface area (Å²) >= 11 is 0. The van der Waals surface area contributed by atoms with E-state index in [1.54, 1.807) is 6.92 Å². The van der Waals surface area contributed by atoms with Gasteiger partial charge in [-0.3, -0.25) is 14.9 Å². The predicted molar refractivity (Wildman–Crippen MR) is 97.4 cm³/mol. The highest BCUT2D eigenvalue weighted by Gasteiger charge is 2.23. The van der Waals surface area contributed by atoms with E-state index < -0.39 is 23.4 Å². The lowest BCUT2D eigenvalue weighted by Crippen LogP contribution is -2.28. The van der Waals surface area contributed by atoms with Crippen LogP contribution in [0.15, 0.2) is 53.6 Å². The van der Waals surface area contributed by atoms with Gasteiger partial charge in [0.15, 0.2) is 6.61 Å². The van der Waals surface area contributed by atoms with Gasteiger partial charge >= 0.3 is 5.97 Å². The lowest BCUT2D eigenvalue weighted by molar-refractivity contribution is -0.385. The number of esters is 1. The largest absolute Gasteiger partial charge is 0.452 e. The molecule has 0 N–H and O–H groups in total. The summed E-state index contributed by atoms with van der Waals surface area (Å²) in [6.45, 7) is 1.51. The molecule has 0 bridgehead atoms. The minimum atomic E-state index is -0.794. The standard InChI is InChI=1S/C19H17N3O5/c1-13-7-8-15(11-17(13)22(25)26)19(24)27-12-18(23)21-10-9-16(20-21)14-5-3-2-4-6-14/h2-8,11H,9-10,12H2,1H3. The molecule has 0 aliphatic carbocycles. The number of carbonyl (C=O) groups is 2. The van der Waals surface area contributed by atoms with Crippen LogP contribution in [0.3, 0.4) is 0 Å². The van der Waals surface area contributed by atoms with E-state index in [0.717, 1.165) is 17.3 Å². The van der Waals surface area contributed by atoms with Crippen molar-refractivity contribution in [3.8, 4) is 0 Å². The van der Waals surface area contributed by atoms with Crippen LogP contribution in [0.5, 0.6) is 0 Å². The van der Waals surface area contributed by atoms with Crippen LogP contribution in [-0.4, -0.2) is 40.7 Å². The van der Waals surface area contributed by atoms with Gasteiger partial charge in [0.25, 0.3) is 11.6 Å². The SMILES string of the molecule is Cc1ccc(C(=O)OCC(=O)N2CCC(c3ccccc3)=N2)cc1[N+](=O)[O-]. The maximum atomic E-state index is 12.2. The van der Waals surface area contributed by atoms with Crippen molar-refractivity contribution >= 4 is 23.3 Å². The fraction of sp³-hybridized carbons (Fsp3) is 0.211. The Morgan fingerprint density at radius 1 is 1.22 bits per heavy atom. The van der Waals surface area contributed by atoms with Crippen molar-refractivity contribution in [2.75, 3.05) is 13.2 Å². The summed E-state index contributed by atoms with van der Waals surface area (Å²) in [5.74, 6) is -1.24. The van der Waals surface area contributed by atoms with Gasteiger partial charge < -0.3 is 4.74 Å². The molecule has 0 atom stereocenters. The molecule has 2 aromatic rings. The van der Waals surface area contributed by atoms with E-state index in [-0.39, 0.29) is 11.3 Å². The molecule has 8 heteroatoms. The van der Waals surface area contributed by atoms with Crippen LogP contribution in [0.2, 0.25) is 0 Å². The molecular weight excluding hydrogens is 350 g/mol. The van der Waals surface area contributed by atoms with Crippen molar-refractivity contribution in [3.63, 3.8) is 0 Å². The second-order valence-electron chi connectivity index (χ2n) is 6.01. The normalized spacial score (nSPS) is 13.2. The highest BCUT2D eigenvalue weighted by atomic mass is 16.6. The molecule has 27 heavy (non-hydrogen) atoms. The van der Waals surface area contributed by atoms with Crippen molar-refractivity contribution in [2.24, 2.45) is 5.10 Å². The van der Waals surface area contributed by atoms with E-state index in [0.29, 0.717) is 18.5 Å².